The molecule has 0 saturated carbocycles. The lowest BCUT2D eigenvalue weighted by molar-refractivity contribution is -0.216. The second-order valence-electron chi connectivity index (χ2n) is 18.4. The third kappa shape index (κ3) is 6.45. The number of benzene rings is 2. The largest absolute Gasteiger partial charge is 0.446 e. The molecule has 0 aromatic heterocycles. The molecule has 3 aliphatic rings. The zero-order valence-corrected chi connectivity index (χ0v) is 35.6. The van der Waals surface area contributed by atoms with Crippen LogP contribution in [0.4, 0.5) is 4.79 Å². The Bertz CT molecular complexity index is 1640. The van der Waals surface area contributed by atoms with Gasteiger partial charge in [-0.2, -0.15) is 0 Å². The van der Waals surface area contributed by atoms with Crippen LogP contribution in [0, 0.1) is 17.3 Å². The summed E-state index contributed by atoms with van der Waals surface area (Å²) in [6.45, 7) is 26.3. The summed E-state index contributed by atoms with van der Waals surface area (Å²) in [5.74, 6) is -1.64. The smallest absolute Gasteiger partial charge is 0.417 e. The molecular weight excluding hydrogens is 687 g/mol. The molecule has 284 valence electrons. The van der Waals surface area contributed by atoms with Crippen molar-refractivity contribution < 1.29 is 32.7 Å². The predicted molar refractivity (Wildman–Crippen MR) is 211 cm³/mol. The first-order valence-electron chi connectivity index (χ1n) is 19.0. The van der Waals surface area contributed by atoms with Crippen molar-refractivity contribution in [3.8, 4) is 0 Å². The van der Waals surface area contributed by atoms with Gasteiger partial charge in [0.25, 0.3) is 14.2 Å². The van der Waals surface area contributed by atoms with E-state index in [1.54, 1.807) is 0 Å². The summed E-state index contributed by atoms with van der Waals surface area (Å²) >= 11 is 0. The summed E-state index contributed by atoms with van der Waals surface area (Å²) in [6.07, 6.45) is 2.73. The highest BCUT2D eigenvalue weighted by molar-refractivity contribution is 6.99. The van der Waals surface area contributed by atoms with E-state index in [1.807, 2.05) is 32.9 Å². The Morgan fingerprint density at radius 2 is 1.44 bits per heavy atom. The number of carbonyl (C=O) groups is 3. The van der Waals surface area contributed by atoms with E-state index in [2.05, 4.69) is 116 Å². The Morgan fingerprint density at radius 1 is 0.885 bits per heavy atom. The van der Waals surface area contributed by atoms with Crippen LogP contribution in [0.3, 0.4) is 0 Å². The van der Waals surface area contributed by atoms with Crippen LogP contribution >= 0.6 is 0 Å². The van der Waals surface area contributed by atoms with Crippen molar-refractivity contribution in [3.63, 3.8) is 0 Å². The van der Waals surface area contributed by atoms with Gasteiger partial charge in [-0.05, 0) is 63.8 Å². The van der Waals surface area contributed by atoms with Crippen molar-refractivity contribution in [1.29, 1.82) is 0 Å². The molecular formula is C42H61NO7Si2. The van der Waals surface area contributed by atoms with E-state index in [4.69, 9.17) is 18.3 Å². The van der Waals surface area contributed by atoms with Crippen molar-refractivity contribution in [3.05, 3.63) is 72.3 Å². The maximum absolute atomic E-state index is 14.9. The number of nitrogens with zero attached hydrogens (tertiary/aromatic N) is 1. The van der Waals surface area contributed by atoms with Gasteiger partial charge in [0, 0.05) is 18.4 Å². The van der Waals surface area contributed by atoms with Crippen LogP contribution in [0.1, 0.15) is 88.5 Å². The minimum atomic E-state index is -2.88. The van der Waals surface area contributed by atoms with E-state index in [1.165, 1.54) is 10.4 Å². The Kier molecular flexibility index (Phi) is 10.8. The molecule has 2 heterocycles. The number of imide groups is 1. The minimum absolute atomic E-state index is 0.0505. The Labute approximate surface area is 313 Å². The Hall–Kier alpha value is -3.06. The summed E-state index contributed by atoms with van der Waals surface area (Å²) in [5.41, 5.74) is -2.98. The van der Waals surface area contributed by atoms with Crippen LogP contribution in [-0.2, 0) is 27.9 Å². The lowest BCUT2D eigenvalue weighted by Gasteiger charge is -2.56. The summed E-state index contributed by atoms with van der Waals surface area (Å²) in [5, 5.41) is 2.21. The molecule has 2 aliphatic heterocycles. The van der Waals surface area contributed by atoms with Crippen LogP contribution < -0.4 is 10.4 Å². The van der Waals surface area contributed by atoms with E-state index in [0.717, 1.165) is 10.5 Å². The number of fused-ring (bicyclic) bond motifs is 1. The zero-order valence-electron chi connectivity index (χ0n) is 33.6. The molecule has 1 spiro atoms. The first-order chi connectivity index (χ1) is 24.1. The van der Waals surface area contributed by atoms with Gasteiger partial charge in [-0.25, -0.2) is 14.5 Å². The maximum Gasteiger partial charge on any atom is 0.417 e. The van der Waals surface area contributed by atoms with E-state index < -0.39 is 51.2 Å². The molecule has 2 fully saturated rings. The van der Waals surface area contributed by atoms with E-state index >= 15 is 0 Å². The third-order valence-electron chi connectivity index (χ3n) is 12.8. The fraction of sp³-hybridized carbons (Fsp3) is 0.595. The molecule has 1 aliphatic carbocycles. The minimum Gasteiger partial charge on any atom is -0.446 e. The van der Waals surface area contributed by atoms with Gasteiger partial charge in [0.1, 0.15) is 6.61 Å². The molecule has 4 atom stereocenters. The highest BCUT2D eigenvalue weighted by atomic mass is 28.4. The van der Waals surface area contributed by atoms with Crippen LogP contribution in [0.25, 0.3) is 0 Å². The number of hydrogen-bond donors (Lipinski definition) is 0. The third-order valence-corrected chi connectivity index (χ3v) is 22.3. The van der Waals surface area contributed by atoms with Gasteiger partial charge in [-0.1, -0.05) is 136 Å². The second kappa shape index (κ2) is 14.0. The van der Waals surface area contributed by atoms with Gasteiger partial charge in [0.15, 0.2) is 19.5 Å². The van der Waals surface area contributed by atoms with Crippen LogP contribution in [-0.4, -0.2) is 70.5 Å². The average molecular weight is 748 g/mol. The standard InChI is InChI=1S/C42H61NO7Si2/c1-30(2)41-29-47-37(46)43(41)35(44)42(50-36(41)45)26-31(3)32(27-40(42,10)24-19-25-48-51(11,12)38(4,5)6)28-49-52(39(7,8)9,33-20-15-13-16-21-33)34-22-17-14-18-23-34/h13-18,20-23,27,30-31H,19,24-26,28-29H2,1-12H3/t31-,40-,41-,42-/m0/s1. The maximum atomic E-state index is 14.9. The van der Waals surface area contributed by atoms with Crippen molar-refractivity contribution in [2.75, 3.05) is 19.8 Å². The molecule has 0 bridgehead atoms. The van der Waals surface area contributed by atoms with Gasteiger partial charge < -0.3 is 18.3 Å². The van der Waals surface area contributed by atoms with Crippen molar-refractivity contribution in [2.45, 2.75) is 123 Å². The van der Waals surface area contributed by atoms with Gasteiger partial charge in [-0.3, -0.25) is 4.79 Å². The van der Waals surface area contributed by atoms with Crippen LogP contribution in [0.5, 0.6) is 0 Å². The SMILES string of the molecule is CC(C)[C@]12COC(=O)N1C(=O)[C@]1(C[C@H](C)C(CO[Si](c3ccccc3)(c3ccccc3)C(C)(C)C)=C[C@]1(C)CCCO[Si](C)(C)C(C)(C)C)OC2=O. The van der Waals surface area contributed by atoms with Gasteiger partial charge in [0.2, 0.25) is 0 Å². The summed E-state index contributed by atoms with van der Waals surface area (Å²) in [6, 6.07) is 21.1. The molecule has 10 heteroatoms. The second-order valence-corrected chi connectivity index (χ2v) is 27.5. The quantitative estimate of drug-likeness (QED) is 0.0996. The fourth-order valence-electron chi connectivity index (χ4n) is 8.36. The summed E-state index contributed by atoms with van der Waals surface area (Å²) in [4.78, 5) is 43.6. The molecule has 5 rings (SSSR count). The first kappa shape index (κ1) is 40.1. The summed E-state index contributed by atoms with van der Waals surface area (Å²) < 4.78 is 25.9. The number of morpholine rings is 1. The Balaban J connectivity index is 1.58. The fourth-order valence-corrected chi connectivity index (χ4v) is 14.0. The number of rotatable bonds is 11. The van der Waals surface area contributed by atoms with E-state index in [9.17, 15) is 14.4 Å². The average Bonchev–Trinajstić information content (AvgIpc) is 3.43. The predicted octanol–water partition coefficient (Wildman–Crippen LogP) is 8.01. The van der Waals surface area contributed by atoms with E-state index in [-0.39, 0.29) is 34.9 Å². The lowest BCUT2D eigenvalue weighted by atomic mass is 9.59. The van der Waals surface area contributed by atoms with Crippen molar-refractivity contribution in [2.24, 2.45) is 17.3 Å². The molecule has 0 unspecified atom stereocenters. The molecule has 2 aromatic carbocycles. The number of amides is 2. The number of hydrogen-bond acceptors (Lipinski definition) is 7. The highest BCUT2D eigenvalue weighted by Gasteiger charge is 2.72. The normalized spacial score (nSPS) is 27.1. The Morgan fingerprint density at radius 3 is 1.94 bits per heavy atom. The topological polar surface area (TPSA) is 91.4 Å². The zero-order chi connectivity index (χ0) is 38.5. The molecule has 0 N–H and O–H groups in total. The van der Waals surface area contributed by atoms with Crippen LogP contribution in [0.2, 0.25) is 23.2 Å². The van der Waals surface area contributed by atoms with Crippen molar-refractivity contribution >= 4 is 45.0 Å². The van der Waals surface area contributed by atoms with E-state index in [0.29, 0.717) is 26.1 Å². The first-order valence-corrected chi connectivity index (χ1v) is 23.8. The lowest BCUT2D eigenvalue weighted by Crippen LogP contribution is -2.75. The number of esters is 1. The van der Waals surface area contributed by atoms with Gasteiger partial charge in [0.05, 0.1) is 6.61 Å². The molecule has 2 saturated heterocycles. The monoisotopic (exact) mass is 747 g/mol. The number of cyclic esters (lactones) is 1. The van der Waals surface area contributed by atoms with Gasteiger partial charge in [-0.15, -0.1) is 0 Å². The molecule has 52 heavy (non-hydrogen) atoms. The summed E-state index contributed by atoms with van der Waals surface area (Å²) in [7, 11) is -4.91. The highest BCUT2D eigenvalue weighted by Crippen LogP contribution is 2.55. The number of ether oxygens (including phenoxy) is 2. The van der Waals surface area contributed by atoms with Gasteiger partial charge >= 0.3 is 12.1 Å². The molecule has 2 amide bonds. The molecule has 8 nitrogen and oxygen atoms in total. The molecule has 2 aromatic rings. The number of carbonyl (C=O) groups excluding carboxylic acids is 3. The molecule has 0 radical (unpaired) electrons. The van der Waals surface area contributed by atoms with Crippen molar-refractivity contribution in [1.82, 2.24) is 4.90 Å². The van der Waals surface area contributed by atoms with Crippen LogP contribution in [0.15, 0.2) is 72.3 Å².